The van der Waals surface area contributed by atoms with Crippen LogP contribution in [0.2, 0.25) is 0 Å². The van der Waals surface area contributed by atoms with E-state index in [-0.39, 0.29) is 12.3 Å². The molecule has 20 heavy (non-hydrogen) atoms. The summed E-state index contributed by atoms with van der Waals surface area (Å²) >= 11 is 0. The maximum atomic E-state index is 11.8. The number of carbonyl (C=O) groups excluding carboxylic acids is 1. The molecule has 1 aromatic carbocycles. The fourth-order valence-corrected chi connectivity index (χ4v) is 1.75. The zero-order chi connectivity index (χ0) is 14.4. The number of aromatic nitrogens is 3. The van der Waals surface area contributed by atoms with Crippen LogP contribution in [0.4, 0.5) is 0 Å². The second-order valence-electron chi connectivity index (χ2n) is 4.21. The summed E-state index contributed by atoms with van der Waals surface area (Å²) in [5, 5.41) is 21.6. The highest BCUT2D eigenvalue weighted by Gasteiger charge is 2.21. The van der Waals surface area contributed by atoms with Crippen LogP contribution in [-0.4, -0.2) is 32.4 Å². The first-order valence-corrected chi connectivity index (χ1v) is 6.08. The van der Waals surface area contributed by atoms with E-state index in [1.165, 1.54) is 6.20 Å². The number of benzene rings is 1. The first-order chi connectivity index (χ1) is 9.66. The van der Waals surface area contributed by atoms with Crippen LogP contribution < -0.4 is 5.32 Å². The van der Waals surface area contributed by atoms with Crippen molar-refractivity contribution in [2.45, 2.75) is 18.9 Å². The van der Waals surface area contributed by atoms with Crippen LogP contribution in [0.25, 0.3) is 0 Å². The van der Waals surface area contributed by atoms with Gasteiger partial charge in [0.15, 0.2) is 6.04 Å². The number of hydrogen-bond donors (Lipinski definition) is 3. The van der Waals surface area contributed by atoms with Gasteiger partial charge < -0.3 is 10.4 Å². The van der Waals surface area contributed by atoms with E-state index in [2.05, 4.69) is 20.7 Å². The normalized spacial score (nSPS) is 11.8. The quantitative estimate of drug-likeness (QED) is 0.717. The van der Waals surface area contributed by atoms with Crippen molar-refractivity contribution in [3.63, 3.8) is 0 Å². The topological polar surface area (TPSA) is 108 Å². The molecule has 1 heterocycles. The minimum atomic E-state index is -1.09. The molecular formula is C13H14N4O3. The van der Waals surface area contributed by atoms with E-state index in [0.29, 0.717) is 17.7 Å². The van der Waals surface area contributed by atoms with Crippen molar-refractivity contribution in [3.8, 4) is 0 Å². The van der Waals surface area contributed by atoms with Gasteiger partial charge in [0, 0.05) is 12.8 Å². The van der Waals surface area contributed by atoms with Crippen molar-refractivity contribution in [2.75, 3.05) is 0 Å². The average Bonchev–Trinajstić information content (AvgIpc) is 2.96. The molecule has 1 atom stereocenters. The second-order valence-corrected chi connectivity index (χ2v) is 4.21. The molecule has 104 valence electrons. The summed E-state index contributed by atoms with van der Waals surface area (Å²) in [5.74, 6) is -1.43. The maximum Gasteiger partial charge on any atom is 0.330 e. The smallest absolute Gasteiger partial charge is 0.330 e. The Morgan fingerprint density at radius 2 is 2.05 bits per heavy atom. The first-order valence-electron chi connectivity index (χ1n) is 6.08. The lowest BCUT2D eigenvalue weighted by molar-refractivity contribution is -0.142. The average molecular weight is 274 g/mol. The Labute approximate surface area is 115 Å². The molecule has 0 aliphatic carbocycles. The van der Waals surface area contributed by atoms with E-state index in [4.69, 9.17) is 0 Å². The molecule has 1 unspecified atom stereocenters. The number of aromatic amines is 1. The fraction of sp³-hybridized carbons (Fsp3) is 0.231. The number of rotatable bonds is 6. The molecule has 3 N–H and O–H groups in total. The molecule has 0 spiro atoms. The van der Waals surface area contributed by atoms with Crippen molar-refractivity contribution in [1.29, 1.82) is 0 Å². The fourth-order valence-electron chi connectivity index (χ4n) is 1.75. The largest absolute Gasteiger partial charge is 0.479 e. The molecule has 7 heteroatoms. The number of carbonyl (C=O) groups is 2. The van der Waals surface area contributed by atoms with Crippen molar-refractivity contribution in [1.82, 2.24) is 20.7 Å². The third-order valence-electron chi connectivity index (χ3n) is 2.76. The van der Waals surface area contributed by atoms with Crippen molar-refractivity contribution in [2.24, 2.45) is 0 Å². The monoisotopic (exact) mass is 274 g/mol. The summed E-state index contributed by atoms with van der Waals surface area (Å²) in [6, 6.07) is 7.53. The summed E-state index contributed by atoms with van der Waals surface area (Å²) < 4.78 is 0. The number of nitrogens with one attached hydrogen (secondary N) is 2. The molecule has 1 amide bonds. The molecule has 0 aliphatic rings. The highest BCUT2D eigenvalue weighted by Crippen LogP contribution is 2.13. The molecule has 7 nitrogen and oxygen atoms in total. The molecule has 0 saturated heterocycles. The van der Waals surface area contributed by atoms with Crippen molar-refractivity contribution < 1.29 is 14.7 Å². The van der Waals surface area contributed by atoms with Crippen LogP contribution in [0.3, 0.4) is 0 Å². The minimum Gasteiger partial charge on any atom is -0.479 e. The number of carboxylic acids is 1. The van der Waals surface area contributed by atoms with Crippen LogP contribution in [0.1, 0.15) is 23.7 Å². The number of amides is 1. The van der Waals surface area contributed by atoms with Crippen molar-refractivity contribution in [3.05, 3.63) is 47.8 Å². The molecule has 0 bridgehead atoms. The lowest BCUT2D eigenvalue weighted by Gasteiger charge is -2.14. The van der Waals surface area contributed by atoms with Gasteiger partial charge in [-0.05, 0) is 5.56 Å². The summed E-state index contributed by atoms with van der Waals surface area (Å²) in [6.45, 7) is 0. The molecule has 2 rings (SSSR count). The van der Waals surface area contributed by atoms with Gasteiger partial charge in [0.05, 0.1) is 11.9 Å². The zero-order valence-corrected chi connectivity index (χ0v) is 10.6. The van der Waals surface area contributed by atoms with E-state index in [1.54, 1.807) is 30.3 Å². The predicted molar refractivity (Wildman–Crippen MR) is 69.7 cm³/mol. The third-order valence-corrected chi connectivity index (χ3v) is 2.76. The van der Waals surface area contributed by atoms with Crippen molar-refractivity contribution >= 4 is 11.9 Å². The van der Waals surface area contributed by atoms with E-state index in [0.717, 1.165) is 0 Å². The molecule has 1 aromatic heterocycles. The number of hydrogen-bond acceptors (Lipinski definition) is 4. The van der Waals surface area contributed by atoms with E-state index >= 15 is 0 Å². The van der Waals surface area contributed by atoms with Gasteiger partial charge in [-0.15, -0.1) is 0 Å². The number of aliphatic carboxylic acids is 1. The highest BCUT2D eigenvalue weighted by molar-refractivity contribution is 5.84. The Bertz CT molecular complexity index is 569. The van der Waals surface area contributed by atoms with Gasteiger partial charge in [-0.3, -0.25) is 4.79 Å². The molecule has 0 saturated carbocycles. The number of H-pyrrole nitrogens is 1. The molecule has 0 aliphatic heterocycles. The van der Waals surface area contributed by atoms with Gasteiger partial charge in [-0.1, -0.05) is 30.3 Å². The Morgan fingerprint density at radius 1 is 1.30 bits per heavy atom. The summed E-state index contributed by atoms with van der Waals surface area (Å²) in [5.41, 5.74) is 1.20. The molecule has 0 radical (unpaired) electrons. The lowest BCUT2D eigenvalue weighted by atomic mass is 10.1. The standard InChI is InChI=1S/C13H14N4O3/c18-11(7-6-10-8-14-17-16-10)15-12(13(19)20)9-4-2-1-3-5-9/h1-5,8,12H,6-7H2,(H,15,18)(H,19,20)(H,14,16,17). The second kappa shape index (κ2) is 6.46. The van der Waals surface area contributed by atoms with Gasteiger partial charge in [-0.25, -0.2) is 4.79 Å². The summed E-state index contributed by atoms with van der Waals surface area (Å²) in [7, 11) is 0. The van der Waals surface area contributed by atoms with Gasteiger partial charge in [0.25, 0.3) is 0 Å². The van der Waals surface area contributed by atoms with Crippen LogP contribution in [0, 0.1) is 0 Å². The Kier molecular flexibility index (Phi) is 4.43. The van der Waals surface area contributed by atoms with Crippen LogP contribution in [-0.2, 0) is 16.0 Å². The number of carboxylic acid groups (broad SMARTS) is 1. The van der Waals surface area contributed by atoms with Crippen LogP contribution in [0.5, 0.6) is 0 Å². The zero-order valence-electron chi connectivity index (χ0n) is 10.6. The Morgan fingerprint density at radius 3 is 2.65 bits per heavy atom. The Balaban J connectivity index is 1.95. The predicted octanol–water partition coefficient (Wildman–Crippen LogP) is 0.679. The molecular weight excluding hydrogens is 260 g/mol. The van der Waals surface area contributed by atoms with Gasteiger partial charge in [0.2, 0.25) is 5.91 Å². The minimum absolute atomic E-state index is 0.156. The highest BCUT2D eigenvalue weighted by atomic mass is 16.4. The van der Waals surface area contributed by atoms with Crippen LogP contribution in [0.15, 0.2) is 36.5 Å². The molecule has 0 fully saturated rings. The van der Waals surface area contributed by atoms with Gasteiger partial charge in [0.1, 0.15) is 0 Å². The first kappa shape index (κ1) is 13.7. The third kappa shape index (κ3) is 3.64. The number of aryl methyl sites for hydroxylation is 1. The van der Waals surface area contributed by atoms with E-state index in [9.17, 15) is 14.7 Å². The summed E-state index contributed by atoms with van der Waals surface area (Å²) in [6.07, 6.45) is 2.09. The lowest BCUT2D eigenvalue weighted by Crippen LogP contribution is -2.33. The van der Waals surface area contributed by atoms with E-state index in [1.807, 2.05) is 0 Å². The van der Waals surface area contributed by atoms with Gasteiger partial charge in [-0.2, -0.15) is 15.4 Å². The number of nitrogens with zero attached hydrogens (tertiary/aromatic N) is 2. The summed E-state index contributed by atoms with van der Waals surface area (Å²) in [4.78, 5) is 23.0. The van der Waals surface area contributed by atoms with Crippen LogP contribution >= 0.6 is 0 Å². The Hall–Kier alpha value is -2.70. The maximum absolute atomic E-state index is 11.8. The van der Waals surface area contributed by atoms with Gasteiger partial charge >= 0.3 is 5.97 Å². The van der Waals surface area contributed by atoms with E-state index < -0.39 is 12.0 Å². The SMILES string of the molecule is O=C(CCc1cn[nH]n1)NC(C(=O)O)c1ccccc1. The molecule has 2 aromatic rings.